The lowest BCUT2D eigenvalue weighted by molar-refractivity contribution is 0.108. The van der Waals surface area contributed by atoms with E-state index in [1.54, 1.807) is 0 Å². The van der Waals surface area contributed by atoms with Crippen LogP contribution in [-0.4, -0.2) is 33.6 Å². The van der Waals surface area contributed by atoms with E-state index in [4.69, 9.17) is 5.73 Å². The minimum absolute atomic E-state index is 0.268. The van der Waals surface area contributed by atoms with Crippen LogP contribution in [0.1, 0.15) is 59.2 Å². The van der Waals surface area contributed by atoms with E-state index in [1.165, 1.54) is 18.5 Å². The van der Waals surface area contributed by atoms with Gasteiger partial charge in [0.1, 0.15) is 0 Å². The van der Waals surface area contributed by atoms with E-state index in [0.717, 1.165) is 13.1 Å². The standard InChI is InChI=1S/C16H32N4/c1-6-14(7-2)20(11-13(4)5)15(9-17)16-10-18-12-19(16)8-3/h10,12-15H,6-9,11,17H2,1-5H3. The minimum atomic E-state index is 0.268. The van der Waals surface area contributed by atoms with Crippen LogP contribution in [0.25, 0.3) is 0 Å². The molecule has 1 aromatic rings. The Labute approximate surface area is 124 Å². The zero-order chi connectivity index (χ0) is 15.1. The summed E-state index contributed by atoms with van der Waals surface area (Å²) < 4.78 is 2.22. The van der Waals surface area contributed by atoms with Crippen molar-refractivity contribution in [2.75, 3.05) is 13.1 Å². The number of nitrogens with zero attached hydrogens (tertiary/aromatic N) is 3. The van der Waals surface area contributed by atoms with Crippen molar-refractivity contribution in [1.82, 2.24) is 14.5 Å². The number of nitrogens with two attached hydrogens (primary N) is 1. The van der Waals surface area contributed by atoms with Crippen LogP contribution in [0.2, 0.25) is 0 Å². The molecule has 1 rings (SSSR count). The summed E-state index contributed by atoms with van der Waals surface area (Å²) >= 11 is 0. The molecular formula is C16H32N4. The third-order valence-electron chi connectivity index (χ3n) is 4.04. The van der Waals surface area contributed by atoms with Crippen LogP contribution in [0.3, 0.4) is 0 Å². The van der Waals surface area contributed by atoms with Crippen molar-refractivity contribution in [1.29, 1.82) is 0 Å². The summed E-state index contributed by atoms with van der Waals surface area (Å²) in [6, 6.07) is 0.857. The van der Waals surface area contributed by atoms with Gasteiger partial charge in [0.25, 0.3) is 0 Å². The van der Waals surface area contributed by atoms with Gasteiger partial charge in [0.2, 0.25) is 0 Å². The molecule has 1 unspecified atom stereocenters. The first kappa shape index (κ1) is 17.2. The average molecular weight is 280 g/mol. The molecule has 0 radical (unpaired) electrons. The van der Waals surface area contributed by atoms with Gasteiger partial charge in [-0.3, -0.25) is 4.90 Å². The summed E-state index contributed by atoms with van der Waals surface area (Å²) in [5.74, 6) is 0.641. The monoisotopic (exact) mass is 280 g/mol. The van der Waals surface area contributed by atoms with Crippen LogP contribution in [-0.2, 0) is 6.54 Å². The second-order valence-corrected chi connectivity index (χ2v) is 5.92. The van der Waals surface area contributed by atoms with Crippen LogP contribution in [0.15, 0.2) is 12.5 Å². The Morgan fingerprint density at radius 1 is 1.25 bits per heavy atom. The first-order chi connectivity index (χ1) is 9.58. The molecule has 0 bridgehead atoms. The van der Waals surface area contributed by atoms with E-state index < -0.39 is 0 Å². The Morgan fingerprint density at radius 2 is 1.90 bits per heavy atom. The molecule has 0 aromatic carbocycles. The van der Waals surface area contributed by atoms with Gasteiger partial charge < -0.3 is 10.3 Å². The number of imidazole rings is 1. The van der Waals surface area contributed by atoms with Crippen molar-refractivity contribution >= 4 is 0 Å². The number of rotatable bonds is 9. The molecule has 4 nitrogen and oxygen atoms in total. The maximum absolute atomic E-state index is 6.13. The zero-order valence-electron chi connectivity index (χ0n) is 13.8. The SMILES string of the molecule is CCC(CC)N(CC(C)C)C(CN)c1cncn1CC. The van der Waals surface area contributed by atoms with Gasteiger partial charge in [0.05, 0.1) is 18.1 Å². The van der Waals surface area contributed by atoms with Gasteiger partial charge in [-0.2, -0.15) is 0 Å². The van der Waals surface area contributed by atoms with Crippen LogP contribution >= 0.6 is 0 Å². The van der Waals surface area contributed by atoms with Crippen molar-refractivity contribution in [2.24, 2.45) is 11.7 Å². The lowest BCUT2D eigenvalue weighted by Crippen LogP contribution is -2.43. The number of hydrogen-bond acceptors (Lipinski definition) is 3. The predicted octanol–water partition coefficient (Wildman–Crippen LogP) is 3.05. The summed E-state index contributed by atoms with van der Waals surface area (Å²) in [4.78, 5) is 6.91. The lowest BCUT2D eigenvalue weighted by atomic mass is 10.0. The van der Waals surface area contributed by atoms with E-state index in [-0.39, 0.29) is 6.04 Å². The largest absolute Gasteiger partial charge is 0.333 e. The van der Waals surface area contributed by atoms with Crippen LogP contribution in [0, 0.1) is 5.92 Å². The molecule has 0 saturated heterocycles. The molecule has 1 heterocycles. The molecule has 2 N–H and O–H groups in total. The van der Waals surface area contributed by atoms with Crippen LogP contribution < -0.4 is 5.73 Å². The van der Waals surface area contributed by atoms with Crippen molar-refractivity contribution < 1.29 is 0 Å². The molecule has 0 aliphatic carbocycles. The molecular weight excluding hydrogens is 248 g/mol. The van der Waals surface area contributed by atoms with E-state index in [0.29, 0.717) is 18.5 Å². The Balaban J connectivity index is 3.07. The van der Waals surface area contributed by atoms with E-state index in [9.17, 15) is 0 Å². The quantitative estimate of drug-likeness (QED) is 0.756. The van der Waals surface area contributed by atoms with E-state index >= 15 is 0 Å². The van der Waals surface area contributed by atoms with Crippen molar-refractivity contribution in [3.63, 3.8) is 0 Å². The molecule has 116 valence electrons. The van der Waals surface area contributed by atoms with E-state index in [2.05, 4.69) is 49.1 Å². The molecule has 0 saturated carbocycles. The lowest BCUT2D eigenvalue weighted by Gasteiger charge is -2.38. The summed E-state index contributed by atoms with van der Waals surface area (Å²) in [5, 5.41) is 0. The fraction of sp³-hybridized carbons (Fsp3) is 0.812. The highest BCUT2D eigenvalue weighted by Gasteiger charge is 2.27. The second-order valence-electron chi connectivity index (χ2n) is 5.92. The number of aryl methyl sites for hydroxylation is 1. The summed E-state index contributed by atoms with van der Waals surface area (Å²) in [7, 11) is 0. The Kier molecular flexibility index (Phi) is 7.24. The molecule has 4 heteroatoms. The van der Waals surface area contributed by atoms with Gasteiger partial charge in [0.15, 0.2) is 0 Å². The van der Waals surface area contributed by atoms with Gasteiger partial charge in [0, 0.05) is 31.9 Å². The van der Waals surface area contributed by atoms with Crippen molar-refractivity contribution in [3.8, 4) is 0 Å². The predicted molar refractivity (Wildman–Crippen MR) is 85.6 cm³/mol. The fourth-order valence-corrected chi connectivity index (χ4v) is 3.01. The molecule has 0 amide bonds. The van der Waals surface area contributed by atoms with Gasteiger partial charge in [-0.1, -0.05) is 27.7 Å². The number of aromatic nitrogens is 2. The minimum Gasteiger partial charge on any atom is -0.333 e. The first-order valence-electron chi connectivity index (χ1n) is 8.04. The summed E-state index contributed by atoms with van der Waals surface area (Å²) in [6.07, 6.45) is 6.23. The highest BCUT2D eigenvalue weighted by molar-refractivity contribution is 5.07. The Hall–Kier alpha value is -0.870. The maximum atomic E-state index is 6.13. The highest BCUT2D eigenvalue weighted by atomic mass is 15.2. The molecule has 0 aliphatic heterocycles. The summed E-state index contributed by atoms with van der Waals surface area (Å²) in [6.45, 7) is 13.9. The number of hydrogen-bond donors (Lipinski definition) is 1. The van der Waals surface area contributed by atoms with Crippen molar-refractivity contribution in [3.05, 3.63) is 18.2 Å². The third kappa shape index (κ3) is 4.06. The average Bonchev–Trinajstić information content (AvgIpc) is 2.88. The smallest absolute Gasteiger partial charge is 0.0948 e. The van der Waals surface area contributed by atoms with Gasteiger partial charge in [-0.25, -0.2) is 4.98 Å². The van der Waals surface area contributed by atoms with Crippen molar-refractivity contribution in [2.45, 2.75) is 66.1 Å². The van der Waals surface area contributed by atoms with Crippen LogP contribution in [0.5, 0.6) is 0 Å². The topological polar surface area (TPSA) is 47.1 Å². The van der Waals surface area contributed by atoms with Crippen LogP contribution in [0.4, 0.5) is 0 Å². The van der Waals surface area contributed by atoms with E-state index in [1.807, 2.05) is 12.5 Å². The van der Waals surface area contributed by atoms with Gasteiger partial charge >= 0.3 is 0 Å². The van der Waals surface area contributed by atoms with Gasteiger partial charge in [-0.15, -0.1) is 0 Å². The fourth-order valence-electron chi connectivity index (χ4n) is 3.01. The normalized spacial score (nSPS) is 13.7. The molecule has 1 atom stereocenters. The maximum Gasteiger partial charge on any atom is 0.0948 e. The molecule has 0 spiro atoms. The first-order valence-corrected chi connectivity index (χ1v) is 8.04. The molecule has 1 aromatic heterocycles. The molecule has 0 aliphatic rings. The Morgan fingerprint density at radius 3 is 2.35 bits per heavy atom. The Bertz CT molecular complexity index is 368. The highest BCUT2D eigenvalue weighted by Crippen LogP contribution is 2.26. The third-order valence-corrected chi connectivity index (χ3v) is 4.04. The zero-order valence-corrected chi connectivity index (χ0v) is 13.8. The second kappa shape index (κ2) is 8.42. The summed E-state index contributed by atoms with van der Waals surface area (Å²) in [5.41, 5.74) is 7.38. The van der Waals surface area contributed by atoms with Gasteiger partial charge in [-0.05, 0) is 25.7 Å². The molecule has 20 heavy (non-hydrogen) atoms. The molecule has 0 fully saturated rings.